The summed E-state index contributed by atoms with van der Waals surface area (Å²) in [5.74, 6) is -0.976. The van der Waals surface area contributed by atoms with Gasteiger partial charge in [0.15, 0.2) is 0 Å². The summed E-state index contributed by atoms with van der Waals surface area (Å²) in [4.78, 5) is 11.6. The molecular formula is C13H25NO5S. The van der Waals surface area contributed by atoms with Crippen LogP contribution in [0.3, 0.4) is 0 Å². The molecule has 1 rings (SSSR count). The van der Waals surface area contributed by atoms with Crippen molar-refractivity contribution in [3.05, 3.63) is 0 Å². The highest BCUT2D eigenvalue weighted by molar-refractivity contribution is 7.90. The van der Waals surface area contributed by atoms with Gasteiger partial charge in [0.25, 0.3) is 0 Å². The number of hydrogen-bond donors (Lipinski definition) is 1. The zero-order valence-electron chi connectivity index (χ0n) is 12.3. The number of carbonyl (C=O) groups excluding carboxylic acids is 1. The second-order valence-electron chi connectivity index (χ2n) is 5.00. The van der Waals surface area contributed by atoms with Crippen LogP contribution in [0.5, 0.6) is 0 Å². The molecule has 0 aliphatic heterocycles. The largest absolute Gasteiger partial charge is 0.469 e. The average Bonchev–Trinajstić information content (AvgIpc) is 2.92. The molecule has 0 aromatic rings. The Morgan fingerprint density at radius 2 is 2.05 bits per heavy atom. The van der Waals surface area contributed by atoms with E-state index in [1.807, 2.05) is 0 Å². The SMILES string of the molecule is CCCCOCCNS(=O)(=O)C1CCCC1C(=O)OC. The lowest BCUT2D eigenvalue weighted by molar-refractivity contribution is -0.145. The van der Waals surface area contributed by atoms with Crippen LogP contribution in [0.15, 0.2) is 0 Å². The van der Waals surface area contributed by atoms with Crippen LogP contribution < -0.4 is 4.72 Å². The second-order valence-corrected chi connectivity index (χ2v) is 6.99. The fourth-order valence-corrected chi connectivity index (χ4v) is 4.17. The van der Waals surface area contributed by atoms with Crippen LogP contribution >= 0.6 is 0 Å². The predicted octanol–water partition coefficient (Wildman–Crippen LogP) is 1.06. The van der Waals surface area contributed by atoms with Gasteiger partial charge in [-0.3, -0.25) is 4.79 Å². The molecule has 0 radical (unpaired) electrons. The average molecular weight is 307 g/mol. The first kappa shape index (κ1) is 17.4. The van der Waals surface area contributed by atoms with Crippen LogP contribution in [-0.2, 0) is 24.3 Å². The molecule has 1 aliphatic rings. The maximum atomic E-state index is 12.2. The minimum atomic E-state index is -3.49. The molecule has 0 heterocycles. The van der Waals surface area contributed by atoms with Gasteiger partial charge in [0.05, 0.1) is 24.9 Å². The number of esters is 1. The van der Waals surface area contributed by atoms with E-state index in [1.54, 1.807) is 0 Å². The molecule has 1 fully saturated rings. The van der Waals surface area contributed by atoms with Gasteiger partial charge in [0.2, 0.25) is 10.0 Å². The maximum Gasteiger partial charge on any atom is 0.310 e. The fourth-order valence-electron chi connectivity index (χ4n) is 2.43. The highest BCUT2D eigenvalue weighted by atomic mass is 32.2. The van der Waals surface area contributed by atoms with E-state index in [0.717, 1.165) is 19.3 Å². The van der Waals surface area contributed by atoms with Gasteiger partial charge in [-0.05, 0) is 19.3 Å². The van der Waals surface area contributed by atoms with Crippen molar-refractivity contribution in [3.63, 3.8) is 0 Å². The van der Waals surface area contributed by atoms with E-state index in [1.165, 1.54) is 7.11 Å². The van der Waals surface area contributed by atoms with Crippen LogP contribution in [-0.4, -0.2) is 46.5 Å². The maximum absolute atomic E-state index is 12.2. The molecule has 2 atom stereocenters. The Kier molecular flexibility index (Phi) is 7.47. The number of ether oxygens (including phenoxy) is 2. The van der Waals surface area contributed by atoms with Crippen molar-refractivity contribution in [2.45, 2.75) is 44.3 Å². The van der Waals surface area contributed by atoms with Crippen LogP contribution in [0, 0.1) is 5.92 Å². The summed E-state index contributed by atoms with van der Waals surface area (Å²) in [6.45, 7) is 3.32. The van der Waals surface area contributed by atoms with E-state index < -0.39 is 27.2 Å². The molecule has 0 bridgehead atoms. The third-order valence-corrected chi connectivity index (χ3v) is 5.51. The number of unbranched alkanes of at least 4 members (excludes halogenated alkanes) is 1. The first-order valence-electron chi connectivity index (χ1n) is 7.17. The number of nitrogens with one attached hydrogen (secondary N) is 1. The molecule has 1 N–H and O–H groups in total. The Labute approximate surface area is 121 Å². The molecule has 0 spiro atoms. The number of methoxy groups -OCH3 is 1. The van der Waals surface area contributed by atoms with Crippen molar-refractivity contribution in [2.24, 2.45) is 5.92 Å². The summed E-state index contributed by atoms with van der Waals surface area (Å²) in [6.07, 6.45) is 3.84. The smallest absolute Gasteiger partial charge is 0.310 e. The minimum absolute atomic E-state index is 0.246. The molecule has 1 aliphatic carbocycles. The third-order valence-electron chi connectivity index (χ3n) is 3.55. The van der Waals surface area contributed by atoms with Crippen LogP contribution in [0.2, 0.25) is 0 Å². The van der Waals surface area contributed by atoms with Crippen molar-refractivity contribution in [1.82, 2.24) is 4.72 Å². The molecule has 20 heavy (non-hydrogen) atoms. The van der Waals surface area contributed by atoms with Crippen molar-refractivity contribution in [1.29, 1.82) is 0 Å². The molecule has 2 unspecified atom stereocenters. The quantitative estimate of drug-likeness (QED) is 0.509. The monoisotopic (exact) mass is 307 g/mol. The molecule has 0 saturated heterocycles. The third kappa shape index (κ3) is 5.03. The number of carbonyl (C=O) groups is 1. The van der Waals surface area contributed by atoms with Crippen LogP contribution in [0.4, 0.5) is 0 Å². The lowest BCUT2D eigenvalue weighted by Crippen LogP contribution is -2.40. The van der Waals surface area contributed by atoms with E-state index in [2.05, 4.69) is 16.4 Å². The predicted molar refractivity (Wildman–Crippen MR) is 75.8 cm³/mol. The zero-order valence-corrected chi connectivity index (χ0v) is 13.1. The molecule has 118 valence electrons. The van der Waals surface area contributed by atoms with Crippen molar-refractivity contribution in [2.75, 3.05) is 26.9 Å². The molecule has 0 aromatic heterocycles. The molecule has 6 nitrogen and oxygen atoms in total. The van der Waals surface area contributed by atoms with Gasteiger partial charge in [-0.15, -0.1) is 0 Å². The zero-order chi connectivity index (χ0) is 15.0. The molecule has 0 amide bonds. The normalized spacial score (nSPS) is 22.9. The van der Waals surface area contributed by atoms with Crippen molar-refractivity contribution < 1.29 is 22.7 Å². The van der Waals surface area contributed by atoms with E-state index >= 15 is 0 Å². The van der Waals surface area contributed by atoms with Crippen molar-refractivity contribution >= 4 is 16.0 Å². The Hall–Kier alpha value is -0.660. The first-order chi connectivity index (χ1) is 9.53. The van der Waals surface area contributed by atoms with Gasteiger partial charge < -0.3 is 9.47 Å². The van der Waals surface area contributed by atoms with Crippen LogP contribution in [0.1, 0.15) is 39.0 Å². The topological polar surface area (TPSA) is 81.7 Å². The second kappa shape index (κ2) is 8.59. The molecular weight excluding hydrogens is 282 g/mol. The Morgan fingerprint density at radius 3 is 2.70 bits per heavy atom. The van der Waals surface area contributed by atoms with Crippen LogP contribution in [0.25, 0.3) is 0 Å². The summed E-state index contributed by atoms with van der Waals surface area (Å²) >= 11 is 0. The molecule has 0 aromatic carbocycles. The van der Waals surface area contributed by atoms with Gasteiger partial charge in [0.1, 0.15) is 0 Å². The summed E-state index contributed by atoms with van der Waals surface area (Å²) in [6, 6.07) is 0. The number of hydrogen-bond acceptors (Lipinski definition) is 5. The summed E-state index contributed by atoms with van der Waals surface area (Å²) in [7, 11) is -2.20. The lowest BCUT2D eigenvalue weighted by atomic mass is 10.1. The van der Waals surface area contributed by atoms with E-state index in [9.17, 15) is 13.2 Å². The van der Waals surface area contributed by atoms with Gasteiger partial charge in [-0.1, -0.05) is 19.8 Å². The fraction of sp³-hybridized carbons (Fsp3) is 0.923. The Bertz CT molecular complexity index is 396. The minimum Gasteiger partial charge on any atom is -0.469 e. The lowest BCUT2D eigenvalue weighted by Gasteiger charge is -2.18. The molecule has 1 saturated carbocycles. The van der Waals surface area contributed by atoms with E-state index in [4.69, 9.17) is 4.74 Å². The summed E-state index contributed by atoms with van der Waals surface area (Å²) in [5, 5.41) is -0.675. The van der Waals surface area contributed by atoms with Gasteiger partial charge in [-0.25, -0.2) is 13.1 Å². The van der Waals surface area contributed by atoms with Gasteiger partial charge in [-0.2, -0.15) is 0 Å². The van der Waals surface area contributed by atoms with Crippen molar-refractivity contribution in [3.8, 4) is 0 Å². The Balaban J connectivity index is 2.41. The van der Waals surface area contributed by atoms with E-state index in [-0.39, 0.29) is 6.54 Å². The Morgan fingerprint density at radius 1 is 1.30 bits per heavy atom. The van der Waals surface area contributed by atoms with Gasteiger partial charge >= 0.3 is 5.97 Å². The summed E-state index contributed by atoms with van der Waals surface area (Å²) < 4.78 is 36.9. The number of rotatable bonds is 9. The summed E-state index contributed by atoms with van der Waals surface area (Å²) in [5.41, 5.74) is 0. The molecule has 7 heteroatoms. The number of sulfonamides is 1. The highest BCUT2D eigenvalue weighted by Crippen LogP contribution is 2.31. The standard InChI is InChI=1S/C13H25NO5S/c1-3-4-9-19-10-8-14-20(16,17)12-7-5-6-11(12)13(15)18-2/h11-12,14H,3-10H2,1-2H3. The van der Waals surface area contributed by atoms with E-state index in [0.29, 0.717) is 26.1 Å². The van der Waals surface area contributed by atoms with Gasteiger partial charge in [0, 0.05) is 13.2 Å². The first-order valence-corrected chi connectivity index (χ1v) is 8.71. The highest BCUT2D eigenvalue weighted by Gasteiger charge is 2.41.